The van der Waals surface area contributed by atoms with Gasteiger partial charge in [0.05, 0.1) is 32.8 Å². The van der Waals surface area contributed by atoms with Crippen molar-refractivity contribution in [1.82, 2.24) is 5.32 Å². The number of unbranched alkanes of at least 4 members (excludes halogenated alkanes) is 2. The zero-order valence-corrected chi connectivity index (χ0v) is 15.5. The monoisotopic (exact) mass is 336 g/mol. The lowest BCUT2D eigenvalue weighted by molar-refractivity contribution is -0.899. The van der Waals surface area contributed by atoms with Crippen LogP contribution in [0.25, 0.3) is 0 Å². The van der Waals surface area contributed by atoms with Crippen LogP contribution in [-0.2, 0) is 0 Å². The molecular weight excluding hydrogens is 302 g/mol. The Morgan fingerprint density at radius 1 is 1.00 bits per heavy atom. The van der Waals surface area contributed by atoms with Gasteiger partial charge in [-0.25, -0.2) is 4.79 Å². The Labute approximate surface area is 146 Å². The van der Waals surface area contributed by atoms with E-state index in [0.717, 1.165) is 18.0 Å². The molecule has 0 aliphatic heterocycles. The van der Waals surface area contributed by atoms with Crippen molar-refractivity contribution < 1.29 is 14.4 Å². The second kappa shape index (κ2) is 12.6. The van der Waals surface area contributed by atoms with Gasteiger partial charge in [0.1, 0.15) is 5.75 Å². The minimum absolute atomic E-state index is 0.149. The van der Waals surface area contributed by atoms with Crippen LogP contribution >= 0.6 is 0 Å². The van der Waals surface area contributed by atoms with Crippen LogP contribution in [0.4, 0.5) is 10.5 Å². The van der Waals surface area contributed by atoms with Gasteiger partial charge in [-0.3, -0.25) is 0 Å². The Morgan fingerprint density at radius 2 is 1.62 bits per heavy atom. The molecule has 5 nitrogen and oxygen atoms in total. The van der Waals surface area contributed by atoms with Gasteiger partial charge in [0.15, 0.2) is 0 Å². The molecule has 0 unspecified atom stereocenters. The summed E-state index contributed by atoms with van der Waals surface area (Å²) in [6.45, 7) is 11.1. The molecule has 1 aromatic rings. The van der Waals surface area contributed by atoms with Gasteiger partial charge in [0.25, 0.3) is 0 Å². The number of rotatable bonds is 12. The number of hydrogen-bond donors (Lipinski definition) is 3. The second-order valence-corrected chi connectivity index (χ2v) is 6.05. The topological polar surface area (TPSA) is 54.8 Å². The SMILES string of the molecule is CCCC[NH+](CCCC)CCNC(=O)Nc1ccc(OCC)cc1. The standard InChI is InChI=1S/C19H33N3O2/c1-4-7-14-22(15-8-5-2)16-13-20-19(23)21-17-9-11-18(12-10-17)24-6-3/h9-12H,4-8,13-16H2,1-3H3,(H2,20,21,23)/p+1. The number of anilines is 1. The Balaban J connectivity index is 2.30. The van der Waals surface area contributed by atoms with Crippen LogP contribution in [0.3, 0.4) is 0 Å². The molecule has 0 saturated heterocycles. The van der Waals surface area contributed by atoms with Crippen molar-refractivity contribution in [3.05, 3.63) is 24.3 Å². The number of carbonyl (C=O) groups is 1. The maximum Gasteiger partial charge on any atom is 0.319 e. The van der Waals surface area contributed by atoms with Crippen molar-refractivity contribution in [2.75, 3.05) is 38.1 Å². The largest absolute Gasteiger partial charge is 0.494 e. The molecule has 5 heteroatoms. The molecule has 0 spiro atoms. The van der Waals surface area contributed by atoms with E-state index in [1.165, 1.54) is 38.8 Å². The average Bonchev–Trinajstić information content (AvgIpc) is 2.59. The highest BCUT2D eigenvalue weighted by atomic mass is 16.5. The fourth-order valence-electron chi connectivity index (χ4n) is 2.56. The van der Waals surface area contributed by atoms with Gasteiger partial charge in [-0.1, -0.05) is 26.7 Å². The Bertz CT molecular complexity index is 440. The van der Waals surface area contributed by atoms with E-state index in [1.54, 1.807) is 4.90 Å². The highest BCUT2D eigenvalue weighted by molar-refractivity contribution is 5.89. The number of carbonyl (C=O) groups excluding carboxylic acids is 1. The summed E-state index contributed by atoms with van der Waals surface area (Å²) in [5.41, 5.74) is 0.775. The summed E-state index contributed by atoms with van der Waals surface area (Å²) in [6, 6.07) is 7.28. The van der Waals surface area contributed by atoms with Crippen molar-refractivity contribution in [3.8, 4) is 5.75 Å². The first-order valence-electron chi connectivity index (χ1n) is 9.30. The first-order valence-corrected chi connectivity index (χ1v) is 9.30. The molecule has 0 aromatic heterocycles. The van der Waals surface area contributed by atoms with Crippen molar-refractivity contribution in [3.63, 3.8) is 0 Å². The van der Waals surface area contributed by atoms with Gasteiger partial charge in [-0.05, 0) is 44.0 Å². The Morgan fingerprint density at radius 3 is 2.17 bits per heavy atom. The van der Waals surface area contributed by atoms with Crippen molar-refractivity contribution in [1.29, 1.82) is 0 Å². The van der Waals surface area contributed by atoms with Gasteiger partial charge in [0, 0.05) is 5.69 Å². The van der Waals surface area contributed by atoms with E-state index in [2.05, 4.69) is 24.5 Å². The lowest BCUT2D eigenvalue weighted by atomic mass is 10.2. The zero-order valence-electron chi connectivity index (χ0n) is 15.5. The van der Waals surface area contributed by atoms with Crippen molar-refractivity contribution in [2.24, 2.45) is 0 Å². The van der Waals surface area contributed by atoms with Gasteiger partial charge < -0.3 is 20.3 Å². The quantitative estimate of drug-likeness (QED) is 0.550. The summed E-state index contributed by atoms with van der Waals surface area (Å²) in [5, 5.41) is 5.81. The third-order valence-corrected chi connectivity index (χ3v) is 3.96. The predicted molar refractivity (Wildman–Crippen MR) is 100 cm³/mol. The molecule has 0 saturated carbocycles. The molecule has 0 fully saturated rings. The van der Waals surface area contributed by atoms with E-state index in [4.69, 9.17) is 4.74 Å². The minimum atomic E-state index is -0.149. The summed E-state index contributed by atoms with van der Waals surface area (Å²) >= 11 is 0. The number of nitrogens with one attached hydrogen (secondary N) is 3. The smallest absolute Gasteiger partial charge is 0.319 e. The van der Waals surface area contributed by atoms with Crippen LogP contribution in [0, 0.1) is 0 Å². The number of quaternary nitrogens is 1. The van der Waals surface area contributed by atoms with E-state index in [1.807, 2.05) is 31.2 Å². The number of urea groups is 1. The van der Waals surface area contributed by atoms with Crippen LogP contribution in [0.5, 0.6) is 5.75 Å². The van der Waals surface area contributed by atoms with Gasteiger partial charge in [-0.15, -0.1) is 0 Å². The first kappa shape index (κ1) is 20.3. The van der Waals surface area contributed by atoms with Crippen LogP contribution < -0.4 is 20.3 Å². The lowest BCUT2D eigenvalue weighted by Crippen LogP contribution is -3.12. The maximum absolute atomic E-state index is 12.0. The van der Waals surface area contributed by atoms with Crippen LogP contribution in [0.2, 0.25) is 0 Å². The van der Waals surface area contributed by atoms with Crippen LogP contribution in [0.1, 0.15) is 46.5 Å². The van der Waals surface area contributed by atoms with E-state index in [9.17, 15) is 4.79 Å². The summed E-state index contributed by atoms with van der Waals surface area (Å²) in [7, 11) is 0. The molecule has 0 bridgehead atoms. The first-order chi connectivity index (χ1) is 11.7. The fourth-order valence-corrected chi connectivity index (χ4v) is 2.56. The minimum Gasteiger partial charge on any atom is -0.494 e. The normalized spacial score (nSPS) is 10.7. The van der Waals surface area contributed by atoms with Crippen molar-refractivity contribution in [2.45, 2.75) is 46.5 Å². The molecule has 2 amide bonds. The maximum atomic E-state index is 12.0. The molecule has 1 aromatic carbocycles. The summed E-state index contributed by atoms with van der Waals surface area (Å²) in [6.07, 6.45) is 4.94. The van der Waals surface area contributed by atoms with E-state index < -0.39 is 0 Å². The molecule has 0 aliphatic carbocycles. The molecule has 0 atom stereocenters. The van der Waals surface area contributed by atoms with E-state index >= 15 is 0 Å². The highest BCUT2D eigenvalue weighted by Crippen LogP contribution is 2.15. The highest BCUT2D eigenvalue weighted by Gasteiger charge is 2.08. The number of ether oxygens (including phenoxy) is 1. The van der Waals surface area contributed by atoms with E-state index in [-0.39, 0.29) is 6.03 Å². The van der Waals surface area contributed by atoms with Gasteiger partial charge >= 0.3 is 6.03 Å². The fraction of sp³-hybridized carbons (Fsp3) is 0.632. The molecule has 24 heavy (non-hydrogen) atoms. The van der Waals surface area contributed by atoms with Gasteiger partial charge in [-0.2, -0.15) is 0 Å². The number of amides is 2. The molecular formula is C19H34N3O2+. The summed E-state index contributed by atoms with van der Waals surface area (Å²) in [4.78, 5) is 13.6. The Hall–Kier alpha value is -1.75. The molecule has 0 aliphatic rings. The van der Waals surface area contributed by atoms with Crippen LogP contribution in [0.15, 0.2) is 24.3 Å². The third-order valence-electron chi connectivity index (χ3n) is 3.96. The molecule has 3 N–H and O–H groups in total. The Kier molecular flexibility index (Phi) is 10.7. The van der Waals surface area contributed by atoms with Crippen LogP contribution in [-0.4, -0.2) is 38.8 Å². The summed E-state index contributed by atoms with van der Waals surface area (Å²) < 4.78 is 5.39. The number of hydrogen-bond acceptors (Lipinski definition) is 2. The molecule has 136 valence electrons. The average molecular weight is 337 g/mol. The predicted octanol–water partition coefficient (Wildman–Crippen LogP) is 2.69. The molecule has 0 radical (unpaired) electrons. The third kappa shape index (κ3) is 8.77. The van der Waals surface area contributed by atoms with Gasteiger partial charge in [0.2, 0.25) is 0 Å². The molecule has 0 heterocycles. The summed E-state index contributed by atoms with van der Waals surface area (Å²) in [5.74, 6) is 0.814. The molecule has 1 rings (SSSR count). The number of benzene rings is 1. The van der Waals surface area contributed by atoms with E-state index in [0.29, 0.717) is 13.2 Å². The lowest BCUT2D eigenvalue weighted by Gasteiger charge is -2.19. The second-order valence-electron chi connectivity index (χ2n) is 6.05. The zero-order chi connectivity index (χ0) is 17.6. The van der Waals surface area contributed by atoms with Crippen molar-refractivity contribution >= 4 is 11.7 Å².